The first-order valence-electron chi connectivity index (χ1n) is 10.1. The van der Waals surface area contributed by atoms with Crippen LogP contribution in [-0.4, -0.2) is 61.8 Å². The summed E-state index contributed by atoms with van der Waals surface area (Å²) in [7, 11) is 0. The molecule has 0 saturated carbocycles. The zero-order chi connectivity index (χ0) is 22.1. The van der Waals surface area contributed by atoms with Gasteiger partial charge in [-0.15, -0.1) is 6.42 Å². The van der Waals surface area contributed by atoms with E-state index in [-0.39, 0.29) is 5.91 Å². The van der Waals surface area contributed by atoms with Gasteiger partial charge in [-0.25, -0.2) is 9.50 Å². The highest BCUT2D eigenvalue weighted by Gasteiger charge is 2.21. The Morgan fingerprint density at radius 3 is 2.59 bits per heavy atom. The van der Waals surface area contributed by atoms with Crippen molar-refractivity contribution in [3.63, 3.8) is 0 Å². The van der Waals surface area contributed by atoms with E-state index in [2.05, 4.69) is 37.2 Å². The van der Waals surface area contributed by atoms with E-state index in [1.807, 2.05) is 30.6 Å². The second-order valence-electron chi connectivity index (χ2n) is 7.42. The molecule has 0 aliphatic carbocycles. The van der Waals surface area contributed by atoms with Gasteiger partial charge in [0, 0.05) is 67.0 Å². The first-order chi connectivity index (χ1) is 15.7. The van der Waals surface area contributed by atoms with Crippen molar-refractivity contribution in [3.8, 4) is 40.7 Å². The number of amides is 1. The molecule has 1 N–H and O–H groups in total. The summed E-state index contributed by atoms with van der Waals surface area (Å²) in [5.41, 5.74) is 4.81. The number of piperazine rings is 1. The number of H-pyrrole nitrogens is 1. The predicted molar refractivity (Wildman–Crippen MR) is 118 cm³/mol. The van der Waals surface area contributed by atoms with Gasteiger partial charge in [0.2, 0.25) is 0 Å². The molecular formula is C23H18N8O. The van der Waals surface area contributed by atoms with Crippen LogP contribution in [0.5, 0.6) is 0 Å². The normalized spacial score (nSPS) is 13.7. The van der Waals surface area contributed by atoms with Crippen molar-refractivity contribution in [1.82, 2.24) is 29.7 Å². The van der Waals surface area contributed by atoms with Gasteiger partial charge in [0.1, 0.15) is 11.9 Å². The van der Waals surface area contributed by atoms with E-state index >= 15 is 0 Å². The van der Waals surface area contributed by atoms with E-state index in [1.54, 1.807) is 28.0 Å². The second kappa shape index (κ2) is 7.89. The number of hydrogen-bond donors (Lipinski definition) is 1. The van der Waals surface area contributed by atoms with Crippen molar-refractivity contribution >= 4 is 17.2 Å². The van der Waals surface area contributed by atoms with Crippen molar-refractivity contribution in [2.24, 2.45) is 0 Å². The highest BCUT2D eigenvalue weighted by molar-refractivity contribution is 5.93. The van der Waals surface area contributed by atoms with Crippen LogP contribution in [0, 0.1) is 23.7 Å². The molecular weight excluding hydrogens is 404 g/mol. The van der Waals surface area contributed by atoms with Gasteiger partial charge >= 0.3 is 0 Å². The molecule has 0 radical (unpaired) electrons. The summed E-state index contributed by atoms with van der Waals surface area (Å²) in [6, 6.07) is 8.18. The number of hydrogen-bond acceptors (Lipinski definition) is 6. The SMILES string of the molecule is C#CC(=O)N1CCN(c2ccc(-c3cc(-c4cn[nH]c4)cn4ncc(C#N)c34)cn2)CC1. The maximum Gasteiger partial charge on any atom is 0.298 e. The summed E-state index contributed by atoms with van der Waals surface area (Å²) in [4.78, 5) is 20.1. The summed E-state index contributed by atoms with van der Waals surface area (Å²) >= 11 is 0. The van der Waals surface area contributed by atoms with Crippen molar-refractivity contribution in [2.45, 2.75) is 0 Å². The Labute approximate surface area is 183 Å². The number of aromatic nitrogens is 5. The quantitative estimate of drug-likeness (QED) is 0.506. The average Bonchev–Trinajstić information content (AvgIpc) is 3.53. The van der Waals surface area contributed by atoms with Gasteiger partial charge in [0.25, 0.3) is 5.91 Å². The Kier molecular flexibility index (Phi) is 4.77. The average molecular weight is 422 g/mol. The largest absolute Gasteiger partial charge is 0.353 e. The van der Waals surface area contributed by atoms with Gasteiger partial charge in [-0.1, -0.05) is 0 Å². The fourth-order valence-electron chi connectivity index (χ4n) is 3.95. The topological polar surface area (TPSA) is 106 Å². The van der Waals surface area contributed by atoms with E-state index in [4.69, 9.17) is 6.42 Å². The summed E-state index contributed by atoms with van der Waals surface area (Å²) in [5.74, 6) is 2.72. The molecule has 4 aromatic heterocycles. The molecule has 1 amide bonds. The van der Waals surface area contributed by atoms with Crippen LogP contribution in [0.2, 0.25) is 0 Å². The number of nitriles is 1. The van der Waals surface area contributed by atoms with Crippen LogP contribution >= 0.6 is 0 Å². The third-order valence-electron chi connectivity index (χ3n) is 5.64. The Bertz CT molecular complexity index is 1360. The van der Waals surface area contributed by atoms with Gasteiger partial charge < -0.3 is 9.80 Å². The maximum absolute atomic E-state index is 11.7. The van der Waals surface area contributed by atoms with Gasteiger partial charge in [0.15, 0.2) is 0 Å². The number of terminal acetylenes is 1. The smallest absolute Gasteiger partial charge is 0.298 e. The number of nitrogens with one attached hydrogen (secondary N) is 1. The number of carbonyl (C=O) groups excluding carboxylic acids is 1. The third-order valence-corrected chi connectivity index (χ3v) is 5.64. The molecule has 0 atom stereocenters. The number of fused-ring (bicyclic) bond motifs is 1. The van der Waals surface area contributed by atoms with Crippen molar-refractivity contribution in [1.29, 1.82) is 5.26 Å². The predicted octanol–water partition coefficient (Wildman–Crippen LogP) is 1.94. The van der Waals surface area contributed by atoms with Gasteiger partial charge in [0.05, 0.1) is 23.5 Å². The lowest BCUT2D eigenvalue weighted by atomic mass is 10.0. The first-order valence-corrected chi connectivity index (χ1v) is 10.1. The molecule has 1 fully saturated rings. The Morgan fingerprint density at radius 1 is 1.09 bits per heavy atom. The minimum absolute atomic E-state index is 0.274. The minimum atomic E-state index is -0.274. The lowest BCUT2D eigenvalue weighted by molar-refractivity contribution is -0.125. The lowest BCUT2D eigenvalue weighted by Crippen LogP contribution is -2.48. The Hall–Kier alpha value is -4.63. The van der Waals surface area contributed by atoms with Crippen molar-refractivity contribution in [2.75, 3.05) is 31.1 Å². The highest BCUT2D eigenvalue weighted by atomic mass is 16.2. The lowest BCUT2D eigenvalue weighted by Gasteiger charge is -2.34. The zero-order valence-corrected chi connectivity index (χ0v) is 17.1. The molecule has 9 nitrogen and oxygen atoms in total. The molecule has 0 spiro atoms. The highest BCUT2D eigenvalue weighted by Crippen LogP contribution is 2.32. The van der Waals surface area contributed by atoms with E-state index < -0.39 is 0 Å². The van der Waals surface area contributed by atoms with Crippen LogP contribution in [0.25, 0.3) is 27.8 Å². The van der Waals surface area contributed by atoms with E-state index in [0.29, 0.717) is 31.7 Å². The Balaban J connectivity index is 1.48. The molecule has 0 unspecified atom stereocenters. The molecule has 1 aliphatic heterocycles. The summed E-state index contributed by atoms with van der Waals surface area (Å²) in [6.45, 7) is 2.48. The van der Waals surface area contributed by atoms with Gasteiger partial charge in [-0.2, -0.15) is 15.5 Å². The molecule has 156 valence electrons. The number of rotatable bonds is 3. The molecule has 0 aromatic carbocycles. The molecule has 9 heteroatoms. The van der Waals surface area contributed by atoms with Crippen LogP contribution in [-0.2, 0) is 4.79 Å². The molecule has 4 aromatic rings. The molecule has 32 heavy (non-hydrogen) atoms. The first kappa shape index (κ1) is 19.3. The van der Waals surface area contributed by atoms with Crippen LogP contribution in [0.4, 0.5) is 5.82 Å². The summed E-state index contributed by atoms with van der Waals surface area (Å²) in [5, 5.41) is 20.8. The number of pyridine rings is 2. The fourth-order valence-corrected chi connectivity index (χ4v) is 3.95. The van der Waals surface area contributed by atoms with Crippen molar-refractivity contribution < 1.29 is 4.79 Å². The minimum Gasteiger partial charge on any atom is -0.353 e. The number of aromatic amines is 1. The number of carbonyl (C=O) groups is 1. The van der Waals surface area contributed by atoms with Crippen LogP contribution in [0.15, 0.2) is 49.2 Å². The van der Waals surface area contributed by atoms with E-state index in [0.717, 1.165) is 33.6 Å². The maximum atomic E-state index is 11.7. The van der Waals surface area contributed by atoms with E-state index in [1.165, 1.54) is 0 Å². The molecule has 0 bridgehead atoms. The molecule has 5 rings (SSSR count). The van der Waals surface area contributed by atoms with Crippen LogP contribution < -0.4 is 4.90 Å². The zero-order valence-electron chi connectivity index (χ0n) is 17.1. The molecule has 1 aliphatic rings. The monoisotopic (exact) mass is 422 g/mol. The summed E-state index contributed by atoms with van der Waals surface area (Å²) < 4.78 is 1.71. The van der Waals surface area contributed by atoms with Crippen LogP contribution in [0.3, 0.4) is 0 Å². The Morgan fingerprint density at radius 2 is 1.94 bits per heavy atom. The summed E-state index contributed by atoms with van der Waals surface area (Å²) in [6.07, 6.45) is 14.0. The van der Waals surface area contributed by atoms with Gasteiger partial charge in [-0.05, 0) is 24.1 Å². The number of anilines is 1. The van der Waals surface area contributed by atoms with Crippen LogP contribution in [0.1, 0.15) is 5.56 Å². The fraction of sp³-hybridized carbons (Fsp3) is 0.174. The van der Waals surface area contributed by atoms with Crippen molar-refractivity contribution in [3.05, 3.63) is 54.7 Å². The molecule has 5 heterocycles. The van der Waals surface area contributed by atoms with Gasteiger partial charge in [-0.3, -0.25) is 9.89 Å². The standard InChI is InChI=1S/C23H18N8O/c1-2-22(32)30-7-5-29(6-8-30)21-4-3-16(11-25-21)20-9-17(19-12-26-27-13-19)15-31-23(20)18(10-24)14-28-31/h1,3-4,9,11-15H,5-8H2,(H,26,27). The van der Waals surface area contributed by atoms with E-state index in [9.17, 15) is 10.1 Å². The third kappa shape index (κ3) is 3.32. The second-order valence-corrected chi connectivity index (χ2v) is 7.42. The molecule has 1 saturated heterocycles. The number of nitrogens with zero attached hydrogens (tertiary/aromatic N) is 7.